The van der Waals surface area contributed by atoms with E-state index in [0.29, 0.717) is 17.5 Å². The Morgan fingerprint density at radius 1 is 1.23 bits per heavy atom. The molecule has 0 fully saturated rings. The number of carbonyl (C=O) groups is 1. The van der Waals surface area contributed by atoms with Gasteiger partial charge in [-0.2, -0.15) is 0 Å². The second kappa shape index (κ2) is 5.21. The summed E-state index contributed by atoms with van der Waals surface area (Å²) < 4.78 is 14.3. The second-order valence-corrected chi connectivity index (χ2v) is 6.30. The van der Waals surface area contributed by atoms with Gasteiger partial charge < -0.3 is 11.1 Å². The van der Waals surface area contributed by atoms with Gasteiger partial charge in [-0.1, -0.05) is 36.4 Å². The Kier molecular flexibility index (Phi) is 3.49. The first-order chi connectivity index (χ1) is 10.4. The van der Waals surface area contributed by atoms with Crippen LogP contribution in [0.5, 0.6) is 0 Å². The van der Waals surface area contributed by atoms with Crippen molar-refractivity contribution in [1.29, 1.82) is 0 Å². The van der Waals surface area contributed by atoms with Gasteiger partial charge in [0.15, 0.2) is 0 Å². The third-order valence-corrected chi connectivity index (χ3v) is 4.32. The van der Waals surface area contributed by atoms with Crippen LogP contribution in [-0.4, -0.2) is 5.91 Å². The van der Waals surface area contributed by atoms with Gasteiger partial charge in [0.25, 0.3) is 0 Å². The van der Waals surface area contributed by atoms with Gasteiger partial charge in [0.1, 0.15) is 5.82 Å². The molecule has 2 aromatic carbocycles. The maximum Gasteiger partial charge on any atom is 0.234 e. The Hall–Kier alpha value is -2.20. The second-order valence-electron chi connectivity index (χ2n) is 6.30. The van der Waals surface area contributed by atoms with Crippen molar-refractivity contribution in [1.82, 2.24) is 0 Å². The van der Waals surface area contributed by atoms with Crippen LogP contribution in [0.2, 0.25) is 0 Å². The van der Waals surface area contributed by atoms with E-state index in [2.05, 4.69) is 5.32 Å². The largest absolute Gasteiger partial charge is 0.324 e. The van der Waals surface area contributed by atoms with Gasteiger partial charge >= 0.3 is 0 Å². The summed E-state index contributed by atoms with van der Waals surface area (Å²) in [6, 6.07) is 12.8. The number of benzene rings is 2. The standard InChI is InChI=1S/C18H19FN2O/c1-18(2)13-9-12(10-14(19)16(13)21-17(18)22)15(20)8-11-6-4-3-5-7-11/h3-7,9-10,15H,8,20H2,1-2H3,(H,21,22). The number of hydrogen-bond donors (Lipinski definition) is 2. The molecule has 0 aliphatic carbocycles. The molecule has 0 aromatic heterocycles. The summed E-state index contributed by atoms with van der Waals surface area (Å²) in [5, 5.41) is 2.62. The van der Waals surface area contributed by atoms with E-state index in [1.807, 2.05) is 36.4 Å². The molecule has 1 unspecified atom stereocenters. The normalized spacial score (nSPS) is 17.0. The summed E-state index contributed by atoms with van der Waals surface area (Å²) in [4.78, 5) is 12.0. The summed E-state index contributed by atoms with van der Waals surface area (Å²) in [7, 11) is 0. The molecule has 1 atom stereocenters. The van der Waals surface area contributed by atoms with Gasteiger partial charge in [0.05, 0.1) is 11.1 Å². The lowest BCUT2D eigenvalue weighted by Crippen LogP contribution is -2.27. The Morgan fingerprint density at radius 2 is 1.91 bits per heavy atom. The highest BCUT2D eigenvalue weighted by Crippen LogP contribution is 2.40. The van der Waals surface area contributed by atoms with Crippen molar-refractivity contribution >= 4 is 11.6 Å². The predicted octanol–water partition coefficient (Wildman–Crippen LogP) is 3.30. The SMILES string of the molecule is CC1(C)C(=O)Nc2c(F)cc(C(N)Cc3ccccc3)cc21. The molecule has 2 aromatic rings. The third kappa shape index (κ3) is 2.40. The van der Waals surface area contributed by atoms with E-state index >= 15 is 0 Å². The number of nitrogens with two attached hydrogens (primary N) is 1. The zero-order valence-electron chi connectivity index (χ0n) is 12.7. The first-order valence-corrected chi connectivity index (χ1v) is 7.34. The zero-order chi connectivity index (χ0) is 15.9. The molecule has 0 saturated carbocycles. The molecule has 4 heteroatoms. The van der Waals surface area contributed by atoms with E-state index in [0.717, 1.165) is 5.56 Å². The number of rotatable bonds is 3. The average Bonchev–Trinajstić information content (AvgIpc) is 2.71. The summed E-state index contributed by atoms with van der Waals surface area (Å²) in [6.07, 6.45) is 0.626. The fourth-order valence-electron chi connectivity index (χ4n) is 2.84. The Morgan fingerprint density at radius 3 is 2.59 bits per heavy atom. The molecular formula is C18H19FN2O. The van der Waals surface area contributed by atoms with Crippen LogP contribution in [0.3, 0.4) is 0 Å². The molecule has 1 heterocycles. The lowest BCUT2D eigenvalue weighted by Gasteiger charge is -2.18. The quantitative estimate of drug-likeness (QED) is 0.913. The van der Waals surface area contributed by atoms with Gasteiger partial charge in [0, 0.05) is 6.04 Å². The molecule has 114 valence electrons. The molecule has 0 radical (unpaired) electrons. The maximum absolute atomic E-state index is 14.3. The van der Waals surface area contributed by atoms with Crippen molar-refractivity contribution in [3.8, 4) is 0 Å². The number of nitrogens with one attached hydrogen (secondary N) is 1. The molecular weight excluding hydrogens is 279 g/mol. The summed E-state index contributed by atoms with van der Waals surface area (Å²) in [5.41, 5.74) is 8.28. The van der Waals surface area contributed by atoms with Crippen molar-refractivity contribution in [2.75, 3.05) is 5.32 Å². The van der Waals surface area contributed by atoms with Gasteiger partial charge in [-0.25, -0.2) is 4.39 Å². The highest BCUT2D eigenvalue weighted by atomic mass is 19.1. The molecule has 22 heavy (non-hydrogen) atoms. The minimum Gasteiger partial charge on any atom is -0.324 e. The van der Waals surface area contributed by atoms with Crippen LogP contribution in [0.15, 0.2) is 42.5 Å². The highest BCUT2D eigenvalue weighted by Gasteiger charge is 2.40. The molecule has 0 spiro atoms. The van der Waals surface area contributed by atoms with Crippen molar-refractivity contribution in [2.45, 2.75) is 31.7 Å². The van der Waals surface area contributed by atoms with E-state index in [1.165, 1.54) is 6.07 Å². The number of carbonyl (C=O) groups excluding carboxylic acids is 1. The predicted molar refractivity (Wildman–Crippen MR) is 85.1 cm³/mol. The molecule has 0 bridgehead atoms. The van der Waals surface area contributed by atoms with E-state index in [9.17, 15) is 9.18 Å². The molecule has 3 nitrogen and oxygen atoms in total. The van der Waals surface area contributed by atoms with Crippen molar-refractivity contribution in [2.24, 2.45) is 5.73 Å². The van der Waals surface area contributed by atoms with Crippen LogP contribution >= 0.6 is 0 Å². The van der Waals surface area contributed by atoms with Crippen LogP contribution in [0.25, 0.3) is 0 Å². The molecule has 0 saturated heterocycles. The summed E-state index contributed by atoms with van der Waals surface area (Å²) in [6.45, 7) is 3.58. The highest BCUT2D eigenvalue weighted by molar-refractivity contribution is 6.05. The smallest absolute Gasteiger partial charge is 0.234 e. The molecule has 1 aliphatic heterocycles. The van der Waals surface area contributed by atoms with Gasteiger partial charge in [-0.3, -0.25) is 4.79 Å². The van der Waals surface area contributed by atoms with E-state index in [4.69, 9.17) is 5.73 Å². The van der Waals surface area contributed by atoms with E-state index in [-0.39, 0.29) is 17.6 Å². The van der Waals surface area contributed by atoms with E-state index in [1.54, 1.807) is 13.8 Å². The van der Waals surface area contributed by atoms with Gasteiger partial charge in [-0.15, -0.1) is 0 Å². The first-order valence-electron chi connectivity index (χ1n) is 7.34. The molecule has 1 amide bonds. The average molecular weight is 298 g/mol. The number of amides is 1. The topological polar surface area (TPSA) is 55.1 Å². The number of anilines is 1. The fraction of sp³-hybridized carbons (Fsp3) is 0.278. The first kappa shape index (κ1) is 14.7. The Labute approximate surface area is 129 Å². The van der Waals surface area contributed by atoms with Crippen LogP contribution in [-0.2, 0) is 16.6 Å². The fourth-order valence-corrected chi connectivity index (χ4v) is 2.84. The molecule has 1 aliphatic rings. The Bertz CT molecular complexity index is 725. The van der Waals surface area contributed by atoms with Gasteiger partial charge in [0.2, 0.25) is 5.91 Å². The maximum atomic E-state index is 14.3. The zero-order valence-corrected chi connectivity index (χ0v) is 12.7. The number of hydrogen-bond acceptors (Lipinski definition) is 2. The van der Waals surface area contributed by atoms with Gasteiger partial charge in [-0.05, 0) is 43.0 Å². The molecule has 3 rings (SSSR count). The van der Waals surface area contributed by atoms with Crippen LogP contribution in [0, 0.1) is 5.82 Å². The minimum atomic E-state index is -0.737. The third-order valence-electron chi connectivity index (χ3n) is 4.32. The van der Waals surface area contributed by atoms with E-state index < -0.39 is 11.2 Å². The number of fused-ring (bicyclic) bond motifs is 1. The van der Waals surface area contributed by atoms with Crippen LogP contribution in [0.4, 0.5) is 10.1 Å². The monoisotopic (exact) mass is 298 g/mol. The minimum absolute atomic E-state index is 0.185. The van der Waals surface area contributed by atoms with Crippen molar-refractivity contribution in [3.63, 3.8) is 0 Å². The van der Waals surface area contributed by atoms with Crippen LogP contribution < -0.4 is 11.1 Å². The summed E-state index contributed by atoms with van der Waals surface area (Å²) in [5.74, 6) is -0.606. The Balaban J connectivity index is 1.95. The molecule has 3 N–H and O–H groups in total. The number of halogens is 1. The van der Waals surface area contributed by atoms with Crippen molar-refractivity contribution in [3.05, 3.63) is 65.0 Å². The van der Waals surface area contributed by atoms with Crippen LogP contribution in [0.1, 0.15) is 36.6 Å². The van der Waals surface area contributed by atoms with Crippen molar-refractivity contribution < 1.29 is 9.18 Å². The summed E-state index contributed by atoms with van der Waals surface area (Å²) >= 11 is 0. The lowest BCUT2D eigenvalue weighted by atomic mass is 9.84. The lowest BCUT2D eigenvalue weighted by molar-refractivity contribution is -0.119.